The smallest absolute Gasteiger partial charge is 0.223 e. The zero-order valence-electron chi connectivity index (χ0n) is 19.2. The molecule has 1 saturated heterocycles. The molecular weight excluding hydrogens is 398 g/mol. The Labute approximate surface area is 191 Å². The lowest BCUT2D eigenvalue weighted by Gasteiger charge is -2.34. The van der Waals surface area contributed by atoms with Crippen molar-refractivity contribution < 1.29 is 9.32 Å². The molecule has 3 aliphatic rings. The second kappa shape index (κ2) is 10.2. The van der Waals surface area contributed by atoms with E-state index in [-0.39, 0.29) is 0 Å². The van der Waals surface area contributed by atoms with Gasteiger partial charge in [0.25, 0.3) is 0 Å². The summed E-state index contributed by atoms with van der Waals surface area (Å²) in [5.41, 5.74) is 3.77. The first-order chi connectivity index (χ1) is 15.7. The third-order valence-corrected chi connectivity index (χ3v) is 7.98. The van der Waals surface area contributed by atoms with E-state index in [4.69, 9.17) is 4.52 Å². The summed E-state index contributed by atoms with van der Waals surface area (Å²) < 4.78 is 5.71. The quantitative estimate of drug-likeness (QED) is 0.724. The number of amides is 1. The van der Waals surface area contributed by atoms with E-state index in [0.717, 1.165) is 69.2 Å². The lowest BCUT2D eigenvalue weighted by atomic mass is 9.80. The fraction of sp³-hybridized carbons (Fsp3) is 0.630. The number of nitrogens with one attached hydrogen (secondary N) is 1. The van der Waals surface area contributed by atoms with Crippen molar-refractivity contribution in [3.63, 3.8) is 0 Å². The molecule has 1 aromatic carbocycles. The number of carbonyl (C=O) groups excluding carboxylic acids is 1. The van der Waals surface area contributed by atoms with Gasteiger partial charge in [0.15, 0.2) is 0 Å². The van der Waals surface area contributed by atoms with Crippen molar-refractivity contribution in [2.75, 3.05) is 19.6 Å². The Kier molecular flexibility index (Phi) is 6.92. The van der Waals surface area contributed by atoms with E-state index < -0.39 is 0 Å². The summed E-state index contributed by atoms with van der Waals surface area (Å²) in [5, 5.41) is 7.95. The number of benzene rings is 1. The van der Waals surface area contributed by atoms with Crippen LogP contribution in [0, 0.1) is 17.8 Å². The van der Waals surface area contributed by atoms with Gasteiger partial charge < -0.3 is 14.7 Å². The van der Waals surface area contributed by atoms with Gasteiger partial charge in [0.2, 0.25) is 5.91 Å². The van der Waals surface area contributed by atoms with Gasteiger partial charge in [-0.25, -0.2) is 0 Å². The molecule has 2 unspecified atom stereocenters. The molecule has 5 heteroatoms. The maximum absolute atomic E-state index is 13.2. The van der Waals surface area contributed by atoms with Crippen LogP contribution >= 0.6 is 0 Å². The number of nitrogens with zero attached hydrogens (tertiary/aromatic N) is 2. The fourth-order valence-electron chi connectivity index (χ4n) is 6.04. The van der Waals surface area contributed by atoms with E-state index >= 15 is 0 Å². The minimum Gasteiger partial charge on any atom is -0.361 e. The van der Waals surface area contributed by atoms with E-state index in [9.17, 15) is 4.79 Å². The van der Waals surface area contributed by atoms with Crippen molar-refractivity contribution in [1.82, 2.24) is 15.4 Å². The number of rotatable bonds is 6. The molecule has 3 heterocycles. The Morgan fingerprint density at radius 2 is 1.91 bits per heavy atom. The summed E-state index contributed by atoms with van der Waals surface area (Å²) >= 11 is 0. The lowest BCUT2D eigenvalue weighted by molar-refractivity contribution is -0.133. The van der Waals surface area contributed by atoms with Crippen molar-refractivity contribution >= 4 is 5.91 Å². The number of carbonyl (C=O) groups is 1. The normalized spacial score (nSPS) is 24.3. The summed E-state index contributed by atoms with van der Waals surface area (Å²) in [6.45, 7) is 3.58. The highest BCUT2D eigenvalue weighted by Crippen LogP contribution is 2.30. The Hall–Kier alpha value is -2.14. The van der Waals surface area contributed by atoms with E-state index in [1.807, 2.05) is 0 Å². The molecule has 2 aliphatic heterocycles. The topological polar surface area (TPSA) is 58.4 Å². The van der Waals surface area contributed by atoms with E-state index in [0.29, 0.717) is 24.2 Å². The molecule has 0 radical (unpaired) electrons. The third-order valence-electron chi connectivity index (χ3n) is 7.98. The van der Waals surface area contributed by atoms with Crippen LogP contribution in [0.5, 0.6) is 0 Å². The minimum atomic E-state index is 0.314. The molecule has 0 bridgehead atoms. The first-order valence-corrected chi connectivity index (χ1v) is 12.7. The van der Waals surface area contributed by atoms with Crippen LogP contribution in [0.15, 0.2) is 34.9 Å². The molecule has 1 aromatic heterocycles. The molecule has 5 nitrogen and oxygen atoms in total. The van der Waals surface area contributed by atoms with E-state index in [2.05, 4.69) is 45.7 Å². The van der Waals surface area contributed by atoms with Crippen LogP contribution in [0.3, 0.4) is 0 Å². The lowest BCUT2D eigenvalue weighted by Crippen LogP contribution is -2.42. The summed E-state index contributed by atoms with van der Waals surface area (Å²) in [6.07, 6.45) is 11.4. The molecule has 1 saturated carbocycles. The van der Waals surface area contributed by atoms with Crippen molar-refractivity contribution in [3.8, 4) is 0 Å². The number of aromatic nitrogens is 1. The van der Waals surface area contributed by atoms with Gasteiger partial charge in [-0.15, -0.1) is 0 Å². The largest absolute Gasteiger partial charge is 0.361 e. The van der Waals surface area contributed by atoms with E-state index in [1.54, 1.807) is 0 Å². The zero-order valence-corrected chi connectivity index (χ0v) is 19.2. The van der Waals surface area contributed by atoms with Gasteiger partial charge in [-0.2, -0.15) is 0 Å². The van der Waals surface area contributed by atoms with Crippen LogP contribution in [0.1, 0.15) is 67.5 Å². The molecule has 5 rings (SSSR count). The van der Waals surface area contributed by atoms with Crippen LogP contribution in [-0.4, -0.2) is 35.6 Å². The predicted molar refractivity (Wildman–Crippen MR) is 125 cm³/mol. The Balaban J connectivity index is 1.17. The van der Waals surface area contributed by atoms with Crippen LogP contribution in [0.4, 0.5) is 0 Å². The molecule has 1 N–H and O–H groups in total. The SMILES string of the molecule is O=C(CC1CCNCC1Cc1cc(CC2CCCCC2)on1)N1CCc2ccccc2C1. The van der Waals surface area contributed by atoms with Crippen molar-refractivity contribution in [2.24, 2.45) is 17.8 Å². The number of hydrogen-bond donors (Lipinski definition) is 1. The first-order valence-electron chi connectivity index (χ1n) is 12.7. The van der Waals surface area contributed by atoms with E-state index in [1.165, 1.54) is 43.2 Å². The molecular formula is C27H37N3O2. The first kappa shape index (κ1) is 21.7. The maximum atomic E-state index is 13.2. The predicted octanol–water partition coefficient (Wildman–Crippen LogP) is 4.54. The van der Waals surface area contributed by atoms with Crippen LogP contribution < -0.4 is 5.32 Å². The van der Waals surface area contributed by atoms with Gasteiger partial charge in [0.1, 0.15) is 5.76 Å². The summed E-state index contributed by atoms with van der Waals surface area (Å²) in [7, 11) is 0. The van der Waals surface area contributed by atoms with Crippen LogP contribution in [0.25, 0.3) is 0 Å². The van der Waals surface area contributed by atoms with Crippen LogP contribution in [0.2, 0.25) is 0 Å². The molecule has 2 aromatic rings. The number of hydrogen-bond acceptors (Lipinski definition) is 4. The standard InChI is InChI=1S/C27H37N3O2/c31-27(30-13-11-21-8-4-5-9-23(21)19-30)16-22-10-12-28-18-24(22)15-25-17-26(32-29-25)14-20-6-2-1-3-7-20/h4-5,8-9,17,20,22,24,28H,1-3,6-7,10-16,18-19H2. The molecule has 1 amide bonds. The zero-order chi connectivity index (χ0) is 21.8. The molecule has 0 spiro atoms. The minimum absolute atomic E-state index is 0.314. The van der Waals surface area contributed by atoms with Crippen molar-refractivity contribution in [2.45, 2.75) is 70.8 Å². The third kappa shape index (κ3) is 5.25. The highest BCUT2D eigenvalue weighted by atomic mass is 16.5. The van der Waals surface area contributed by atoms with Gasteiger partial charge in [-0.1, -0.05) is 61.5 Å². The Bertz CT molecular complexity index is 902. The van der Waals surface area contributed by atoms with Gasteiger partial charge in [-0.05, 0) is 61.2 Å². The van der Waals surface area contributed by atoms with Gasteiger partial charge in [0, 0.05) is 32.0 Å². The maximum Gasteiger partial charge on any atom is 0.223 e. The fourth-order valence-corrected chi connectivity index (χ4v) is 6.04. The average molecular weight is 436 g/mol. The summed E-state index contributed by atoms with van der Waals surface area (Å²) in [5.74, 6) is 2.99. The number of fused-ring (bicyclic) bond motifs is 1. The second-order valence-electron chi connectivity index (χ2n) is 10.2. The molecule has 2 atom stereocenters. The highest BCUT2D eigenvalue weighted by Gasteiger charge is 2.30. The Morgan fingerprint density at radius 1 is 1.06 bits per heavy atom. The highest BCUT2D eigenvalue weighted by molar-refractivity contribution is 5.76. The van der Waals surface area contributed by atoms with Crippen molar-refractivity contribution in [1.29, 1.82) is 0 Å². The molecule has 1 aliphatic carbocycles. The van der Waals surface area contributed by atoms with Crippen LogP contribution in [-0.2, 0) is 30.6 Å². The van der Waals surface area contributed by atoms with Gasteiger partial charge in [0.05, 0.1) is 5.69 Å². The summed E-state index contributed by atoms with van der Waals surface area (Å²) in [4.78, 5) is 15.2. The van der Waals surface area contributed by atoms with Gasteiger partial charge in [-0.3, -0.25) is 4.79 Å². The second-order valence-corrected chi connectivity index (χ2v) is 10.2. The molecule has 32 heavy (non-hydrogen) atoms. The summed E-state index contributed by atoms with van der Waals surface area (Å²) in [6, 6.07) is 10.7. The Morgan fingerprint density at radius 3 is 2.78 bits per heavy atom. The van der Waals surface area contributed by atoms with Gasteiger partial charge >= 0.3 is 0 Å². The average Bonchev–Trinajstić information content (AvgIpc) is 3.27. The monoisotopic (exact) mass is 435 g/mol. The molecule has 2 fully saturated rings. The molecule has 172 valence electrons. The van der Waals surface area contributed by atoms with Crippen molar-refractivity contribution in [3.05, 3.63) is 52.9 Å². The number of piperidine rings is 1.